The number of fused-ring (bicyclic) bond motifs is 1. The molecule has 0 bridgehead atoms. The lowest BCUT2D eigenvalue weighted by atomic mass is 9.51. The van der Waals surface area contributed by atoms with E-state index in [2.05, 4.69) is 20.8 Å². The first kappa shape index (κ1) is 30.0. The number of esters is 2. The summed E-state index contributed by atoms with van der Waals surface area (Å²) in [4.78, 5) is 27.9. The molecule has 46 heavy (non-hydrogen) atoms. The Hall–Kier alpha value is -3.32. The van der Waals surface area contributed by atoms with Gasteiger partial charge in [0.05, 0.1) is 17.4 Å². The fourth-order valence-corrected chi connectivity index (χ4v) is 10.4. The number of rotatable bonds is 4. The van der Waals surface area contributed by atoms with E-state index in [-0.39, 0.29) is 34.8 Å². The summed E-state index contributed by atoms with van der Waals surface area (Å²) in [7, 11) is 0. The maximum atomic E-state index is 14.5. The van der Waals surface area contributed by atoms with E-state index in [0.29, 0.717) is 17.9 Å². The first-order valence-electron chi connectivity index (χ1n) is 15.5. The summed E-state index contributed by atoms with van der Waals surface area (Å²) in [6.07, 6.45) is -2.38. The molecule has 6 fully saturated rings. The van der Waals surface area contributed by atoms with Gasteiger partial charge in [0.25, 0.3) is 0 Å². The highest BCUT2D eigenvalue weighted by Gasteiger charge is 3.01. The van der Waals surface area contributed by atoms with Gasteiger partial charge in [0.2, 0.25) is 11.2 Å². The third kappa shape index (κ3) is 3.48. The number of thiocarbonyl (C=S) groups is 2. The molecule has 10 atom stereocenters. The van der Waals surface area contributed by atoms with Crippen LogP contribution < -0.4 is 9.47 Å². The van der Waals surface area contributed by atoms with Crippen LogP contribution in [-0.2, 0) is 38.0 Å². The van der Waals surface area contributed by atoms with Gasteiger partial charge in [-0.3, -0.25) is 4.79 Å². The quantitative estimate of drug-likeness (QED) is 0.327. The molecule has 2 saturated carbocycles. The minimum Gasteiger partial charge on any atom is -0.459 e. The SMILES string of the molecule is C[C@@H]1C(=O)OC2CC34C5C[C@@H](C(C)(C)C)C36[C@@H](OC[C@@H]6OC(=S)Oc3ccccc3)OC4(C(=O)O5)[C@]21OC(=S)Oc1ccccc1. The van der Waals surface area contributed by atoms with E-state index in [1.54, 1.807) is 43.3 Å². The van der Waals surface area contributed by atoms with Crippen molar-refractivity contribution in [2.45, 2.75) is 76.3 Å². The van der Waals surface area contributed by atoms with Crippen LogP contribution in [0.2, 0.25) is 0 Å². The number of hydrogen-bond acceptors (Lipinski definition) is 12. The molecule has 2 aromatic rings. The normalized spacial score (nSPS) is 41.1. The average Bonchev–Trinajstić information content (AvgIpc) is 3.75. The highest BCUT2D eigenvalue weighted by molar-refractivity contribution is 7.80. The van der Waals surface area contributed by atoms with Crippen molar-refractivity contribution in [1.82, 2.24) is 0 Å². The molecule has 6 aliphatic rings. The van der Waals surface area contributed by atoms with Crippen LogP contribution in [0.5, 0.6) is 11.5 Å². The van der Waals surface area contributed by atoms with Crippen molar-refractivity contribution in [3.05, 3.63) is 60.7 Å². The molecule has 2 aliphatic carbocycles. The highest BCUT2D eigenvalue weighted by Crippen LogP contribution is 2.85. The van der Waals surface area contributed by atoms with Gasteiger partial charge >= 0.3 is 22.4 Å². The Balaban J connectivity index is 1.26. The molecule has 8 rings (SSSR count). The Morgan fingerprint density at radius 1 is 0.891 bits per heavy atom. The Morgan fingerprint density at radius 2 is 1.52 bits per heavy atom. The van der Waals surface area contributed by atoms with E-state index in [9.17, 15) is 9.59 Å². The summed E-state index contributed by atoms with van der Waals surface area (Å²) in [5.41, 5.74) is -5.92. The Labute approximate surface area is 276 Å². The van der Waals surface area contributed by atoms with Crippen LogP contribution in [0.3, 0.4) is 0 Å². The smallest absolute Gasteiger partial charge is 0.358 e. The van der Waals surface area contributed by atoms with Gasteiger partial charge in [-0.25, -0.2) is 4.79 Å². The molecule has 2 aromatic carbocycles. The molecular weight excluding hydrogens is 632 g/mol. The van der Waals surface area contributed by atoms with Crippen molar-refractivity contribution in [2.75, 3.05) is 6.61 Å². The van der Waals surface area contributed by atoms with E-state index >= 15 is 0 Å². The fraction of sp³-hybridized carbons (Fsp3) is 0.529. The molecular formula is C34H34O10S2. The summed E-state index contributed by atoms with van der Waals surface area (Å²) in [6, 6.07) is 18.0. The topological polar surface area (TPSA) is 108 Å². The average molecular weight is 667 g/mol. The van der Waals surface area contributed by atoms with Crippen LogP contribution in [0.15, 0.2) is 60.7 Å². The third-order valence-electron chi connectivity index (χ3n) is 11.3. The van der Waals surface area contributed by atoms with E-state index in [0.717, 1.165) is 0 Å². The zero-order valence-corrected chi connectivity index (χ0v) is 27.4. The molecule has 4 saturated heterocycles. The van der Waals surface area contributed by atoms with Crippen molar-refractivity contribution in [3.8, 4) is 11.5 Å². The van der Waals surface area contributed by atoms with E-state index < -0.39 is 64.5 Å². The molecule has 2 spiro atoms. The molecule has 4 heterocycles. The third-order valence-corrected chi connectivity index (χ3v) is 11.7. The van der Waals surface area contributed by atoms with Gasteiger partial charge in [-0.05, 0) is 48.9 Å². The van der Waals surface area contributed by atoms with Gasteiger partial charge in [-0.15, -0.1) is 0 Å². The molecule has 4 aliphatic heterocycles. The molecule has 12 heteroatoms. The Bertz CT molecular complexity index is 1630. The fourth-order valence-electron chi connectivity index (χ4n) is 9.96. The molecule has 0 radical (unpaired) electrons. The van der Waals surface area contributed by atoms with Crippen molar-refractivity contribution < 1.29 is 47.5 Å². The van der Waals surface area contributed by atoms with Gasteiger partial charge in [0.1, 0.15) is 35.7 Å². The first-order valence-corrected chi connectivity index (χ1v) is 16.3. The summed E-state index contributed by atoms with van der Waals surface area (Å²) in [5, 5.41) is -0.346. The van der Waals surface area contributed by atoms with Crippen molar-refractivity contribution in [2.24, 2.45) is 28.1 Å². The lowest BCUT2D eigenvalue weighted by Gasteiger charge is -2.48. The van der Waals surface area contributed by atoms with Gasteiger partial charge < -0.3 is 37.9 Å². The lowest BCUT2D eigenvalue weighted by molar-refractivity contribution is -0.237. The molecule has 5 unspecified atom stereocenters. The summed E-state index contributed by atoms with van der Waals surface area (Å²) < 4.78 is 50.7. The monoisotopic (exact) mass is 666 g/mol. The largest absolute Gasteiger partial charge is 0.459 e. The zero-order valence-electron chi connectivity index (χ0n) is 25.8. The van der Waals surface area contributed by atoms with Gasteiger partial charge in [0.15, 0.2) is 6.29 Å². The molecule has 10 nitrogen and oxygen atoms in total. The van der Waals surface area contributed by atoms with Crippen LogP contribution in [-0.4, -0.2) is 64.8 Å². The van der Waals surface area contributed by atoms with Crippen LogP contribution in [0.25, 0.3) is 0 Å². The number of carbonyl (C=O) groups is 2. The van der Waals surface area contributed by atoms with E-state index in [1.807, 2.05) is 24.3 Å². The maximum absolute atomic E-state index is 14.5. The Morgan fingerprint density at radius 3 is 2.15 bits per heavy atom. The molecule has 0 N–H and O–H groups in total. The summed E-state index contributed by atoms with van der Waals surface area (Å²) in [5.74, 6) is -1.30. The summed E-state index contributed by atoms with van der Waals surface area (Å²) >= 11 is 11.3. The van der Waals surface area contributed by atoms with Gasteiger partial charge in [0, 0.05) is 30.9 Å². The van der Waals surface area contributed by atoms with Crippen LogP contribution in [0, 0.1) is 28.1 Å². The van der Waals surface area contributed by atoms with Crippen molar-refractivity contribution in [3.63, 3.8) is 0 Å². The summed E-state index contributed by atoms with van der Waals surface area (Å²) in [6.45, 7) is 8.23. The minimum absolute atomic E-state index is 0.0773. The number of carbonyl (C=O) groups excluding carboxylic acids is 2. The number of ether oxygens (including phenoxy) is 8. The highest BCUT2D eigenvalue weighted by atomic mass is 32.1. The molecule has 242 valence electrons. The van der Waals surface area contributed by atoms with Crippen LogP contribution in [0.1, 0.15) is 40.5 Å². The van der Waals surface area contributed by atoms with Gasteiger partial charge in [-0.2, -0.15) is 0 Å². The van der Waals surface area contributed by atoms with Crippen LogP contribution in [0.4, 0.5) is 0 Å². The predicted molar refractivity (Wildman–Crippen MR) is 168 cm³/mol. The minimum atomic E-state index is -1.83. The number of benzene rings is 2. The van der Waals surface area contributed by atoms with Crippen molar-refractivity contribution in [1.29, 1.82) is 0 Å². The van der Waals surface area contributed by atoms with Crippen molar-refractivity contribution >= 4 is 46.8 Å². The Kier molecular flexibility index (Phi) is 6.43. The van der Waals surface area contributed by atoms with E-state index in [4.69, 9.17) is 62.3 Å². The lowest BCUT2D eigenvalue weighted by Crippen LogP contribution is -2.68. The van der Waals surface area contributed by atoms with Gasteiger partial charge in [-0.1, -0.05) is 57.2 Å². The standard InChI is InChI=1S/C34H34O10S2/c1-18-25(35)40-23-16-31-22-15-21(30(2,3)4)32(31)24(42-28(45)38-19-11-7-5-8-12-19)17-37-27(32)43-34(31,26(36)41-22)33(18,23)44-29(46)39-20-13-9-6-10-14-20/h5-14,18,21-24,27H,15-17H2,1-4H3/t18-,21+,22?,23?,24+,27+,31?,32?,33-,34?/m1/s1. The molecule has 0 amide bonds. The number of hydrogen-bond donors (Lipinski definition) is 0. The maximum Gasteiger partial charge on any atom is 0.358 e. The van der Waals surface area contributed by atoms with E-state index in [1.165, 1.54) is 0 Å². The second-order valence-electron chi connectivity index (χ2n) is 14.1. The first-order chi connectivity index (χ1) is 21.9. The predicted octanol–water partition coefficient (Wildman–Crippen LogP) is 4.91. The second-order valence-corrected chi connectivity index (χ2v) is 14.8. The molecule has 0 aromatic heterocycles. The zero-order chi connectivity index (χ0) is 32.3. The van der Waals surface area contributed by atoms with Crippen LogP contribution >= 0.6 is 24.4 Å². The number of para-hydroxylation sites is 2. The second kappa shape index (κ2) is 9.85.